The smallest absolute Gasteiger partial charge is 0.311 e. The van der Waals surface area contributed by atoms with Crippen molar-refractivity contribution in [2.24, 2.45) is 17.8 Å². The van der Waals surface area contributed by atoms with E-state index in [-0.39, 0.29) is 30.4 Å². The first kappa shape index (κ1) is 20.3. The Kier molecular flexibility index (Phi) is 6.69. The normalized spacial score (nSPS) is 26.5. The lowest BCUT2D eigenvalue weighted by atomic mass is 9.84. The highest BCUT2D eigenvalue weighted by Crippen LogP contribution is 2.49. The molecule has 0 unspecified atom stereocenters. The molecule has 3 rings (SSSR count). The van der Waals surface area contributed by atoms with Crippen LogP contribution in [0.1, 0.15) is 38.2 Å². The van der Waals surface area contributed by atoms with Crippen LogP contribution in [-0.2, 0) is 20.9 Å². The Labute approximate surface area is 166 Å². The van der Waals surface area contributed by atoms with E-state index in [1.54, 1.807) is 11.9 Å². The fraction of sp³-hybridized carbons (Fsp3) is 0.591. The Bertz CT molecular complexity index is 730. The molecular weight excluding hydrogens is 354 g/mol. The lowest BCUT2D eigenvalue weighted by Crippen LogP contribution is -2.53. The second kappa shape index (κ2) is 9.20. The number of nitriles is 1. The number of rotatable bonds is 8. The van der Waals surface area contributed by atoms with Gasteiger partial charge in [-0.3, -0.25) is 9.59 Å². The molecule has 0 spiro atoms. The average molecular weight is 383 g/mol. The highest BCUT2D eigenvalue weighted by atomic mass is 16.5. The fourth-order valence-corrected chi connectivity index (χ4v) is 4.71. The second-order valence-electron chi connectivity index (χ2n) is 8.03. The van der Waals surface area contributed by atoms with Gasteiger partial charge in [-0.25, -0.2) is 0 Å². The van der Waals surface area contributed by atoms with Gasteiger partial charge in [0.2, 0.25) is 5.91 Å². The Hall–Kier alpha value is -2.39. The number of nitrogens with zero attached hydrogens (tertiary/aromatic N) is 2. The maximum atomic E-state index is 12.9. The van der Waals surface area contributed by atoms with Gasteiger partial charge < -0.3 is 15.0 Å². The second-order valence-corrected chi connectivity index (χ2v) is 8.03. The van der Waals surface area contributed by atoms with Crippen molar-refractivity contribution in [1.29, 1.82) is 5.26 Å². The number of esters is 1. The number of nitrogens with one attached hydrogen (secondary N) is 1. The van der Waals surface area contributed by atoms with Gasteiger partial charge in [0.15, 0.2) is 0 Å². The average Bonchev–Trinajstić information content (AvgIpc) is 3.32. The van der Waals surface area contributed by atoms with Crippen molar-refractivity contribution in [3.63, 3.8) is 0 Å². The highest BCUT2D eigenvalue weighted by Gasteiger charge is 2.52. The topological polar surface area (TPSA) is 82.4 Å². The molecule has 150 valence electrons. The van der Waals surface area contributed by atoms with E-state index < -0.39 is 6.04 Å². The Morgan fingerprint density at radius 1 is 1.29 bits per heavy atom. The number of hydrogen-bond acceptors (Lipinski definition) is 5. The fourth-order valence-electron chi connectivity index (χ4n) is 4.71. The minimum Gasteiger partial charge on any atom is -0.461 e. The third-order valence-corrected chi connectivity index (χ3v) is 6.16. The molecule has 0 aromatic heterocycles. The first-order valence-electron chi connectivity index (χ1n) is 10.1. The zero-order valence-electron chi connectivity index (χ0n) is 16.6. The summed E-state index contributed by atoms with van der Waals surface area (Å²) in [5.41, 5.74) is 0.978. The van der Waals surface area contributed by atoms with E-state index in [0.717, 1.165) is 24.8 Å². The van der Waals surface area contributed by atoms with E-state index in [1.807, 2.05) is 37.3 Å². The lowest BCUT2D eigenvalue weighted by Gasteiger charge is -2.33. The maximum absolute atomic E-state index is 12.9. The van der Waals surface area contributed by atoms with Crippen molar-refractivity contribution in [3.8, 4) is 6.07 Å². The molecule has 6 nitrogen and oxygen atoms in total. The maximum Gasteiger partial charge on any atom is 0.311 e. The standard InChI is InChI=1S/C22H29N3O3/c1-15(21(26)25(2)12-6-11-23)24-20-18-10-9-17(13-18)19(20)22(27)28-14-16-7-4-3-5-8-16/h3-5,7-8,15,17-20,24H,6,9-10,12-14H2,1-2H3/t15-,17-,18-,19-,20-/m0/s1. The van der Waals surface area contributed by atoms with Crippen LogP contribution in [0.4, 0.5) is 0 Å². The first-order chi connectivity index (χ1) is 13.5. The van der Waals surface area contributed by atoms with Gasteiger partial charge in [-0.15, -0.1) is 0 Å². The molecule has 0 saturated heterocycles. The van der Waals surface area contributed by atoms with E-state index in [1.165, 1.54) is 0 Å². The van der Waals surface area contributed by atoms with Crippen molar-refractivity contribution in [2.45, 2.75) is 51.3 Å². The summed E-state index contributed by atoms with van der Waals surface area (Å²) in [5, 5.41) is 12.1. The molecule has 1 aromatic rings. The molecule has 1 N–H and O–H groups in total. The molecule has 28 heavy (non-hydrogen) atoms. The number of hydrogen-bond donors (Lipinski definition) is 1. The van der Waals surface area contributed by atoms with E-state index in [9.17, 15) is 9.59 Å². The van der Waals surface area contributed by atoms with Crippen LogP contribution in [0.3, 0.4) is 0 Å². The number of carbonyl (C=O) groups is 2. The Morgan fingerprint density at radius 2 is 2.00 bits per heavy atom. The predicted octanol–water partition coefficient (Wildman–Crippen LogP) is 2.49. The molecule has 2 fully saturated rings. The third-order valence-electron chi connectivity index (χ3n) is 6.16. The minimum atomic E-state index is -0.391. The molecule has 0 heterocycles. The molecule has 2 bridgehead atoms. The van der Waals surface area contributed by atoms with Gasteiger partial charge >= 0.3 is 5.97 Å². The monoisotopic (exact) mass is 383 g/mol. The number of carbonyl (C=O) groups excluding carboxylic acids is 2. The molecule has 2 aliphatic rings. The van der Waals surface area contributed by atoms with Crippen molar-refractivity contribution in [1.82, 2.24) is 10.2 Å². The SMILES string of the molecule is C[C@H](N[C@H]1[C@H]2CC[C@@H](C2)[C@@H]1C(=O)OCc1ccccc1)C(=O)N(C)CCC#N. The van der Waals surface area contributed by atoms with Crippen LogP contribution in [0, 0.1) is 29.1 Å². The van der Waals surface area contributed by atoms with Crippen molar-refractivity contribution in [2.75, 3.05) is 13.6 Å². The quantitative estimate of drug-likeness (QED) is 0.698. The van der Waals surface area contributed by atoms with Gasteiger partial charge in [-0.2, -0.15) is 5.26 Å². The van der Waals surface area contributed by atoms with Gasteiger partial charge in [-0.1, -0.05) is 30.3 Å². The van der Waals surface area contributed by atoms with E-state index >= 15 is 0 Å². The van der Waals surface area contributed by atoms with E-state index in [0.29, 0.717) is 24.8 Å². The summed E-state index contributed by atoms with van der Waals surface area (Å²) in [6.45, 7) is 2.54. The van der Waals surface area contributed by atoms with Crippen LogP contribution in [0.2, 0.25) is 0 Å². The summed E-state index contributed by atoms with van der Waals surface area (Å²) in [5.74, 6) is 0.353. The van der Waals surface area contributed by atoms with Crippen LogP contribution in [0.15, 0.2) is 30.3 Å². The summed E-state index contributed by atoms with van der Waals surface area (Å²) in [6.07, 6.45) is 3.49. The molecule has 0 aliphatic heterocycles. The van der Waals surface area contributed by atoms with E-state index in [4.69, 9.17) is 10.00 Å². The number of ether oxygens (including phenoxy) is 1. The van der Waals surface area contributed by atoms with Crippen LogP contribution in [-0.4, -0.2) is 42.5 Å². The zero-order valence-corrected chi connectivity index (χ0v) is 16.6. The van der Waals surface area contributed by atoms with Crippen molar-refractivity contribution < 1.29 is 14.3 Å². The van der Waals surface area contributed by atoms with Gasteiger partial charge in [0.25, 0.3) is 0 Å². The number of benzene rings is 1. The lowest BCUT2D eigenvalue weighted by molar-refractivity contribution is -0.153. The number of likely N-dealkylation sites (N-methyl/N-ethyl adjacent to an activating group) is 1. The van der Waals surface area contributed by atoms with E-state index in [2.05, 4.69) is 11.4 Å². The molecule has 5 atom stereocenters. The van der Waals surface area contributed by atoms with Crippen LogP contribution in [0.5, 0.6) is 0 Å². The molecular formula is C22H29N3O3. The van der Waals surface area contributed by atoms with Crippen LogP contribution < -0.4 is 5.32 Å². The van der Waals surface area contributed by atoms with Gasteiger partial charge in [0.05, 0.1) is 24.4 Å². The molecule has 1 amide bonds. The Morgan fingerprint density at radius 3 is 2.71 bits per heavy atom. The van der Waals surface area contributed by atoms with Gasteiger partial charge in [0, 0.05) is 19.6 Å². The summed E-state index contributed by atoms with van der Waals surface area (Å²) >= 11 is 0. The van der Waals surface area contributed by atoms with Gasteiger partial charge in [0.1, 0.15) is 6.61 Å². The first-order valence-corrected chi connectivity index (χ1v) is 10.1. The predicted molar refractivity (Wildman–Crippen MR) is 105 cm³/mol. The summed E-state index contributed by atoms with van der Waals surface area (Å²) < 4.78 is 5.63. The number of fused-ring (bicyclic) bond motifs is 2. The molecule has 2 aliphatic carbocycles. The molecule has 6 heteroatoms. The van der Waals surface area contributed by atoms with Crippen molar-refractivity contribution >= 4 is 11.9 Å². The molecule has 0 radical (unpaired) electrons. The summed E-state index contributed by atoms with van der Waals surface area (Å²) in [4.78, 5) is 27.0. The minimum absolute atomic E-state index is 0.0228. The Balaban J connectivity index is 1.60. The third kappa shape index (κ3) is 4.53. The molecule has 2 saturated carbocycles. The largest absolute Gasteiger partial charge is 0.461 e. The highest BCUT2D eigenvalue weighted by molar-refractivity contribution is 5.81. The zero-order chi connectivity index (χ0) is 20.1. The summed E-state index contributed by atoms with van der Waals surface area (Å²) in [6, 6.07) is 11.3. The van der Waals surface area contributed by atoms with Gasteiger partial charge in [-0.05, 0) is 43.6 Å². The summed E-state index contributed by atoms with van der Waals surface area (Å²) in [7, 11) is 1.71. The molecule has 1 aromatic carbocycles. The van der Waals surface area contributed by atoms with Crippen LogP contribution in [0.25, 0.3) is 0 Å². The van der Waals surface area contributed by atoms with Crippen molar-refractivity contribution in [3.05, 3.63) is 35.9 Å². The number of amides is 1. The van der Waals surface area contributed by atoms with Crippen LogP contribution >= 0.6 is 0 Å².